The molecule has 6 heteroatoms. The van der Waals surface area contributed by atoms with Crippen LogP contribution in [0.15, 0.2) is 145 Å². The largest absolute Gasteiger partial charge is 1.00 e. The van der Waals surface area contributed by atoms with Crippen LogP contribution in [0.5, 0.6) is 0 Å². The second-order valence-corrected chi connectivity index (χ2v) is 12.7. The van der Waals surface area contributed by atoms with Crippen molar-refractivity contribution in [1.29, 1.82) is 0 Å². The molecule has 0 aliphatic heterocycles. The van der Waals surface area contributed by atoms with Gasteiger partial charge in [-0.2, -0.15) is 0 Å². The number of benzene rings is 4. The Hall–Kier alpha value is -2.28. The van der Waals surface area contributed by atoms with Gasteiger partial charge in [0.25, 0.3) is 0 Å². The van der Waals surface area contributed by atoms with E-state index in [-0.39, 0.29) is 12.4 Å². The van der Waals surface area contributed by atoms with Crippen LogP contribution in [0.3, 0.4) is 0 Å². The number of rotatable bonds is 8. The Kier molecular flexibility index (Phi) is 11.8. The zero-order valence-corrected chi connectivity index (χ0v) is 24.9. The van der Waals surface area contributed by atoms with Crippen LogP contribution in [0, 0.1) is 0 Å². The van der Waals surface area contributed by atoms with Crippen LogP contribution in [0.2, 0.25) is 0 Å². The smallest absolute Gasteiger partial charge is 0.120 e. The molecule has 0 saturated carbocycles. The minimum absolute atomic E-state index is 0. The maximum absolute atomic E-state index is 6.95. The van der Waals surface area contributed by atoms with Crippen molar-refractivity contribution in [2.45, 2.75) is 0 Å². The van der Waals surface area contributed by atoms with Crippen LogP contribution >= 0.6 is 53.7 Å². The van der Waals surface area contributed by atoms with E-state index in [1.165, 1.54) is 0 Å². The Bertz CT molecular complexity index is 1200. The van der Waals surface area contributed by atoms with Crippen molar-refractivity contribution in [2.24, 2.45) is 0 Å². The van der Waals surface area contributed by atoms with Gasteiger partial charge in [-0.15, -0.1) is 0 Å². The van der Waals surface area contributed by atoms with E-state index >= 15 is 0 Å². The molecule has 192 valence electrons. The molecule has 4 rings (SSSR count). The van der Waals surface area contributed by atoms with E-state index in [0.717, 1.165) is 22.3 Å². The zero-order chi connectivity index (χ0) is 26.1. The summed E-state index contributed by atoms with van der Waals surface area (Å²) >= 11 is 27.8. The van der Waals surface area contributed by atoms with E-state index in [4.69, 9.17) is 46.4 Å². The summed E-state index contributed by atoms with van der Waals surface area (Å²) < 4.78 is 0. The van der Waals surface area contributed by atoms with Crippen molar-refractivity contribution >= 4 is 73.8 Å². The first-order valence-electron chi connectivity index (χ1n) is 11.6. The van der Waals surface area contributed by atoms with Crippen LogP contribution in [0.4, 0.5) is 0 Å². The molecule has 0 aliphatic rings. The molecule has 0 atom stereocenters. The van der Waals surface area contributed by atoms with Crippen LogP contribution in [0.25, 0.3) is 20.1 Å². The van der Waals surface area contributed by atoms with E-state index in [2.05, 4.69) is 0 Å². The van der Waals surface area contributed by atoms with Gasteiger partial charge >= 0.3 is 0 Å². The third kappa shape index (κ3) is 8.36. The van der Waals surface area contributed by atoms with Gasteiger partial charge in [0.1, 0.15) is 7.26 Å². The predicted octanol–water partition coefficient (Wildman–Crippen LogP) is 8.96. The molecule has 0 spiro atoms. The number of hydrogen-bond donors (Lipinski definition) is 0. The van der Waals surface area contributed by atoms with Crippen molar-refractivity contribution in [3.63, 3.8) is 0 Å². The van der Waals surface area contributed by atoms with E-state index < -0.39 is 7.26 Å². The Labute approximate surface area is 251 Å². The maximum atomic E-state index is 6.95. The highest BCUT2D eigenvalue weighted by Crippen LogP contribution is 2.70. The molecule has 0 fully saturated rings. The van der Waals surface area contributed by atoms with Crippen molar-refractivity contribution in [3.8, 4) is 0 Å². The van der Waals surface area contributed by atoms with Gasteiger partial charge in [0.2, 0.25) is 0 Å². The Morgan fingerprint density at radius 3 is 0.737 bits per heavy atom. The first-order chi connectivity index (χ1) is 18.0. The minimum atomic E-state index is -2.56. The number of hydrogen-bond acceptors (Lipinski definition) is 0. The summed E-state index contributed by atoms with van der Waals surface area (Å²) in [5.41, 5.74) is 3.58. The third-order valence-corrected chi connectivity index (χ3v) is 10.3. The van der Waals surface area contributed by atoms with Crippen molar-refractivity contribution in [2.75, 3.05) is 0 Å². The maximum Gasteiger partial charge on any atom is 0.120 e. The van der Waals surface area contributed by atoms with Gasteiger partial charge < -0.3 is 12.4 Å². The first-order valence-corrected chi connectivity index (χ1v) is 15.2. The first kappa shape index (κ1) is 30.3. The van der Waals surface area contributed by atoms with Gasteiger partial charge in [0.05, 0.1) is 43.4 Å². The lowest BCUT2D eigenvalue weighted by molar-refractivity contribution is -0.00000678. The molecule has 0 aliphatic carbocycles. The van der Waals surface area contributed by atoms with Gasteiger partial charge in [-0.1, -0.05) is 168 Å². The number of halogens is 5. The van der Waals surface area contributed by atoms with Crippen LogP contribution < -0.4 is 12.4 Å². The molecule has 0 amide bonds. The summed E-state index contributed by atoms with van der Waals surface area (Å²) in [5.74, 6) is 8.13. The molecule has 0 heterocycles. The Morgan fingerprint density at radius 2 is 0.553 bits per heavy atom. The molecule has 0 saturated heterocycles. The zero-order valence-electron chi connectivity index (χ0n) is 20.2. The molecule has 0 radical (unpaired) electrons. The summed E-state index contributed by atoms with van der Waals surface area (Å²) in [7, 11) is -2.56. The summed E-state index contributed by atoms with van der Waals surface area (Å²) in [5, 5.41) is 2.35. The SMILES string of the molecule is Cl/C(=C\[P+](/C=C(\Cl)c1ccccc1)(/C=C(\Cl)c1ccccc1)/C=C(/Cl)c1ccccc1)c1ccccc1.[Cl-]. The minimum Gasteiger partial charge on any atom is -1.00 e. The van der Waals surface area contributed by atoms with Gasteiger partial charge in [-0.05, 0) is 22.3 Å². The topological polar surface area (TPSA) is 0 Å². The molecule has 0 aromatic heterocycles. The van der Waals surface area contributed by atoms with Gasteiger partial charge in [-0.25, -0.2) is 0 Å². The lowest BCUT2D eigenvalue weighted by atomic mass is 10.2. The summed E-state index contributed by atoms with van der Waals surface area (Å²) in [6.45, 7) is 0. The molecular formula is C32H24Cl5P. The van der Waals surface area contributed by atoms with Gasteiger partial charge in [0, 0.05) is 0 Å². The molecule has 0 N–H and O–H groups in total. The average Bonchev–Trinajstić information content (AvgIpc) is 2.94. The van der Waals surface area contributed by atoms with Crippen LogP contribution in [-0.2, 0) is 0 Å². The molecule has 4 aromatic rings. The molecule has 38 heavy (non-hydrogen) atoms. The highest BCUT2D eigenvalue weighted by atomic mass is 35.5. The highest BCUT2D eigenvalue weighted by molar-refractivity contribution is 7.88. The normalized spacial score (nSPS) is 13.2. The van der Waals surface area contributed by atoms with E-state index in [1.807, 2.05) is 145 Å². The molecule has 4 aromatic carbocycles. The summed E-state index contributed by atoms with van der Waals surface area (Å²) in [6, 6.07) is 39.3. The average molecular weight is 617 g/mol. The van der Waals surface area contributed by atoms with Crippen LogP contribution in [-0.4, -0.2) is 0 Å². The Balaban J connectivity index is 0.00000400. The fourth-order valence-corrected chi connectivity index (χ4v) is 8.84. The van der Waals surface area contributed by atoms with Crippen molar-refractivity contribution in [3.05, 3.63) is 167 Å². The predicted molar refractivity (Wildman–Crippen MR) is 168 cm³/mol. The van der Waals surface area contributed by atoms with Gasteiger partial charge in [-0.3, -0.25) is 0 Å². The quantitative estimate of drug-likeness (QED) is 0.173. The summed E-state index contributed by atoms with van der Waals surface area (Å²) in [4.78, 5) is 0. The van der Waals surface area contributed by atoms with E-state index in [0.29, 0.717) is 20.1 Å². The third-order valence-electron chi connectivity index (χ3n) is 5.55. The standard InChI is InChI=1S/C32H24Cl4P.ClH/c33-29(25-13-5-1-6-14-25)21-37(22-30(34)26-15-7-2-8-16-26,23-31(35)27-17-9-3-10-18-27)24-32(36)28-19-11-4-12-20-28;/h1-24H;1H/q+1;/p-1/b29-21-,30-22-,31-23-,32-24+;. The summed E-state index contributed by atoms with van der Waals surface area (Å²) in [6.07, 6.45) is 0. The lowest BCUT2D eigenvalue weighted by Gasteiger charge is -2.16. The van der Waals surface area contributed by atoms with Gasteiger partial charge in [0.15, 0.2) is 0 Å². The van der Waals surface area contributed by atoms with Crippen molar-refractivity contribution in [1.82, 2.24) is 0 Å². The molecular weight excluding hydrogens is 593 g/mol. The lowest BCUT2D eigenvalue weighted by Crippen LogP contribution is -3.00. The Morgan fingerprint density at radius 1 is 0.368 bits per heavy atom. The second-order valence-electron chi connectivity index (χ2n) is 8.27. The molecule has 0 bridgehead atoms. The monoisotopic (exact) mass is 614 g/mol. The van der Waals surface area contributed by atoms with E-state index in [1.54, 1.807) is 0 Å². The van der Waals surface area contributed by atoms with E-state index in [9.17, 15) is 0 Å². The second kappa shape index (κ2) is 14.8. The van der Waals surface area contributed by atoms with Crippen molar-refractivity contribution < 1.29 is 12.4 Å². The van der Waals surface area contributed by atoms with Crippen LogP contribution in [0.1, 0.15) is 22.3 Å². The molecule has 0 nitrogen and oxygen atoms in total. The molecule has 0 unspecified atom stereocenters. The highest BCUT2D eigenvalue weighted by Gasteiger charge is 2.33. The fourth-order valence-electron chi connectivity index (χ4n) is 3.70. The fraction of sp³-hybridized carbons (Fsp3) is 0.